The maximum Gasteiger partial charge on any atom is 0.257 e. The molecule has 0 unspecified atom stereocenters. The largest absolute Gasteiger partial charge is 0.353 e. The van der Waals surface area contributed by atoms with E-state index in [2.05, 4.69) is 22.9 Å². The maximum atomic E-state index is 14.0. The van der Waals surface area contributed by atoms with Crippen molar-refractivity contribution in [2.75, 3.05) is 31.1 Å². The Kier molecular flexibility index (Phi) is 4.51. The molecule has 1 aliphatic rings. The lowest BCUT2D eigenvalue weighted by Gasteiger charge is -2.36. The molecule has 1 amide bonds. The van der Waals surface area contributed by atoms with Crippen LogP contribution in [0.4, 0.5) is 10.2 Å². The highest BCUT2D eigenvalue weighted by molar-refractivity contribution is 5.96. The van der Waals surface area contributed by atoms with Crippen LogP contribution in [0, 0.1) is 26.6 Å². The van der Waals surface area contributed by atoms with Crippen LogP contribution in [0.2, 0.25) is 0 Å². The van der Waals surface area contributed by atoms with Crippen molar-refractivity contribution >= 4 is 11.7 Å². The summed E-state index contributed by atoms with van der Waals surface area (Å²) in [5.74, 6) is 0.298. The summed E-state index contributed by atoms with van der Waals surface area (Å²) >= 11 is 0. The Morgan fingerprint density at radius 1 is 1.08 bits per heavy atom. The number of benzene rings is 1. The Morgan fingerprint density at radius 3 is 2.42 bits per heavy atom. The number of amides is 1. The molecule has 3 rings (SSSR count). The fourth-order valence-corrected chi connectivity index (χ4v) is 3.22. The van der Waals surface area contributed by atoms with E-state index in [1.54, 1.807) is 24.0 Å². The number of pyridine rings is 1. The molecule has 0 N–H and O–H groups in total. The highest BCUT2D eigenvalue weighted by atomic mass is 19.1. The second kappa shape index (κ2) is 6.59. The minimum atomic E-state index is -0.446. The van der Waals surface area contributed by atoms with Gasteiger partial charge in [-0.2, -0.15) is 0 Å². The summed E-state index contributed by atoms with van der Waals surface area (Å²) in [5, 5.41) is 0. The second-order valence-electron chi connectivity index (χ2n) is 6.36. The first-order chi connectivity index (χ1) is 11.5. The van der Waals surface area contributed by atoms with Gasteiger partial charge >= 0.3 is 0 Å². The lowest BCUT2D eigenvalue weighted by molar-refractivity contribution is 0.0741. The summed E-state index contributed by atoms with van der Waals surface area (Å²) in [6.07, 6.45) is 1.86. The zero-order chi connectivity index (χ0) is 17.3. The minimum Gasteiger partial charge on any atom is -0.353 e. The normalized spacial score (nSPS) is 14.8. The molecule has 0 spiro atoms. The van der Waals surface area contributed by atoms with E-state index in [0.29, 0.717) is 31.7 Å². The number of halogens is 1. The fraction of sp³-hybridized carbons (Fsp3) is 0.368. The molecule has 0 bridgehead atoms. The summed E-state index contributed by atoms with van der Waals surface area (Å²) in [6, 6.07) is 6.86. The molecule has 1 aliphatic heterocycles. The van der Waals surface area contributed by atoms with Crippen molar-refractivity contribution in [1.82, 2.24) is 9.88 Å². The summed E-state index contributed by atoms with van der Waals surface area (Å²) in [6.45, 7) is 8.40. The van der Waals surface area contributed by atoms with Gasteiger partial charge in [0.15, 0.2) is 0 Å². The number of carbonyl (C=O) groups is 1. The summed E-state index contributed by atoms with van der Waals surface area (Å²) < 4.78 is 14.0. The van der Waals surface area contributed by atoms with Crippen molar-refractivity contribution in [2.45, 2.75) is 20.8 Å². The molecule has 0 saturated carbocycles. The highest BCUT2D eigenvalue weighted by Crippen LogP contribution is 2.21. The van der Waals surface area contributed by atoms with Crippen LogP contribution in [0.25, 0.3) is 0 Å². The van der Waals surface area contributed by atoms with E-state index >= 15 is 0 Å². The van der Waals surface area contributed by atoms with Gasteiger partial charge < -0.3 is 9.80 Å². The van der Waals surface area contributed by atoms with E-state index in [0.717, 1.165) is 16.9 Å². The topological polar surface area (TPSA) is 36.4 Å². The Hall–Kier alpha value is -2.43. The number of nitrogens with zero attached hydrogens (tertiary/aromatic N) is 3. The van der Waals surface area contributed by atoms with Crippen molar-refractivity contribution < 1.29 is 9.18 Å². The van der Waals surface area contributed by atoms with E-state index in [1.807, 2.05) is 13.1 Å². The monoisotopic (exact) mass is 327 g/mol. The zero-order valence-corrected chi connectivity index (χ0v) is 14.3. The zero-order valence-electron chi connectivity index (χ0n) is 14.3. The van der Waals surface area contributed by atoms with Gasteiger partial charge in [0.1, 0.15) is 11.6 Å². The number of anilines is 1. The van der Waals surface area contributed by atoms with E-state index in [4.69, 9.17) is 0 Å². The Bertz CT molecular complexity index is 747. The smallest absolute Gasteiger partial charge is 0.257 e. The molecule has 0 radical (unpaired) electrons. The van der Waals surface area contributed by atoms with Gasteiger partial charge in [-0.15, -0.1) is 0 Å². The van der Waals surface area contributed by atoms with Crippen LogP contribution < -0.4 is 4.90 Å². The molecule has 4 nitrogen and oxygen atoms in total. The quantitative estimate of drug-likeness (QED) is 0.850. The molecular formula is C19H22FN3O. The van der Waals surface area contributed by atoms with Crippen molar-refractivity contribution in [3.63, 3.8) is 0 Å². The third kappa shape index (κ3) is 3.11. The summed E-state index contributed by atoms with van der Waals surface area (Å²) in [5.41, 5.74) is 3.15. The van der Waals surface area contributed by atoms with E-state index in [9.17, 15) is 9.18 Å². The predicted molar refractivity (Wildman–Crippen MR) is 93.0 cm³/mol. The molecule has 0 atom stereocenters. The first-order valence-electron chi connectivity index (χ1n) is 8.20. The number of piperazine rings is 1. The molecule has 2 heterocycles. The van der Waals surface area contributed by atoms with Gasteiger partial charge in [0.2, 0.25) is 0 Å². The van der Waals surface area contributed by atoms with Gasteiger partial charge in [-0.05, 0) is 43.5 Å². The summed E-state index contributed by atoms with van der Waals surface area (Å²) in [4.78, 5) is 21.1. The molecule has 1 fully saturated rings. The maximum absolute atomic E-state index is 14.0. The minimum absolute atomic E-state index is 0.190. The number of rotatable bonds is 2. The third-order valence-electron chi connectivity index (χ3n) is 4.49. The predicted octanol–water partition coefficient (Wildman–Crippen LogP) is 3.11. The molecule has 2 aromatic rings. The van der Waals surface area contributed by atoms with Gasteiger partial charge in [-0.1, -0.05) is 18.2 Å². The van der Waals surface area contributed by atoms with Crippen LogP contribution in [0.15, 0.2) is 30.5 Å². The number of aromatic nitrogens is 1. The second-order valence-corrected chi connectivity index (χ2v) is 6.36. The van der Waals surface area contributed by atoms with Gasteiger partial charge in [-0.25, -0.2) is 9.37 Å². The van der Waals surface area contributed by atoms with Crippen LogP contribution in [-0.2, 0) is 0 Å². The van der Waals surface area contributed by atoms with Crippen LogP contribution in [0.3, 0.4) is 0 Å². The van der Waals surface area contributed by atoms with Crippen LogP contribution in [-0.4, -0.2) is 42.0 Å². The molecule has 1 aromatic carbocycles. The number of carbonyl (C=O) groups excluding carboxylic acids is 1. The lowest BCUT2D eigenvalue weighted by Crippen LogP contribution is -2.49. The van der Waals surface area contributed by atoms with Crippen molar-refractivity contribution in [3.8, 4) is 0 Å². The van der Waals surface area contributed by atoms with E-state index in [-0.39, 0.29) is 11.5 Å². The molecular weight excluding hydrogens is 305 g/mol. The van der Waals surface area contributed by atoms with Gasteiger partial charge in [0, 0.05) is 32.4 Å². The van der Waals surface area contributed by atoms with Crippen molar-refractivity contribution in [3.05, 3.63) is 58.5 Å². The first-order valence-corrected chi connectivity index (χ1v) is 8.20. The van der Waals surface area contributed by atoms with Crippen LogP contribution in [0.1, 0.15) is 27.0 Å². The van der Waals surface area contributed by atoms with Crippen LogP contribution >= 0.6 is 0 Å². The average molecular weight is 327 g/mol. The highest BCUT2D eigenvalue weighted by Gasteiger charge is 2.26. The standard InChI is InChI=1S/C19H22FN3O/c1-13-11-15(3)18(21-12-13)22-7-9-23(10-8-22)19(24)17-14(2)5-4-6-16(17)20/h4-6,11-12H,7-10H2,1-3H3. The van der Waals surface area contributed by atoms with Gasteiger partial charge in [-0.3, -0.25) is 4.79 Å². The summed E-state index contributed by atoms with van der Waals surface area (Å²) in [7, 11) is 0. The molecule has 126 valence electrons. The van der Waals surface area contributed by atoms with Gasteiger partial charge in [0.05, 0.1) is 5.56 Å². The third-order valence-corrected chi connectivity index (χ3v) is 4.49. The SMILES string of the molecule is Cc1cnc(N2CCN(C(=O)c3c(C)cccc3F)CC2)c(C)c1. The van der Waals surface area contributed by atoms with Crippen LogP contribution in [0.5, 0.6) is 0 Å². The number of hydrogen-bond acceptors (Lipinski definition) is 3. The molecule has 24 heavy (non-hydrogen) atoms. The number of aryl methyl sites for hydroxylation is 3. The Balaban J connectivity index is 1.72. The van der Waals surface area contributed by atoms with E-state index < -0.39 is 5.82 Å². The fourth-order valence-electron chi connectivity index (χ4n) is 3.22. The number of hydrogen-bond donors (Lipinski definition) is 0. The molecule has 1 aromatic heterocycles. The van der Waals surface area contributed by atoms with Crippen molar-refractivity contribution in [2.24, 2.45) is 0 Å². The average Bonchev–Trinajstić information content (AvgIpc) is 2.55. The van der Waals surface area contributed by atoms with Crippen molar-refractivity contribution in [1.29, 1.82) is 0 Å². The Morgan fingerprint density at radius 2 is 1.79 bits per heavy atom. The Labute approximate surface area is 141 Å². The van der Waals surface area contributed by atoms with Gasteiger partial charge in [0.25, 0.3) is 5.91 Å². The first kappa shape index (κ1) is 16.4. The van der Waals surface area contributed by atoms with E-state index in [1.165, 1.54) is 6.07 Å². The molecule has 0 aliphatic carbocycles. The lowest BCUT2D eigenvalue weighted by atomic mass is 10.1. The molecule has 1 saturated heterocycles. The molecule has 5 heteroatoms.